The Bertz CT molecular complexity index is 769. The van der Waals surface area contributed by atoms with Gasteiger partial charge in [0.25, 0.3) is 0 Å². The first-order chi connectivity index (χ1) is 15.6. The fraction of sp³-hybridized carbons (Fsp3) is 0.700. The molecule has 3 rings (SSSR count). The summed E-state index contributed by atoms with van der Waals surface area (Å²) in [5, 5.41) is 83.9. The molecule has 1 aromatic rings. The Hall–Kier alpha value is -1.07. The molecule has 0 bridgehead atoms. The number of aliphatic hydroxyl groups is 8. The number of thioether (sulfide) groups is 1. The maximum Gasteiger partial charge on any atom is 0.192 e. The van der Waals surface area contributed by atoms with Crippen LogP contribution in [0.3, 0.4) is 0 Å². The van der Waals surface area contributed by atoms with Crippen molar-refractivity contribution in [3.63, 3.8) is 0 Å². The van der Waals surface area contributed by atoms with Crippen molar-refractivity contribution in [3.05, 3.63) is 24.3 Å². The monoisotopic (exact) mass is 493 g/mol. The standard InChI is InChI=1S/C20H31NO11S/c21-10-1-3-11(4-2-10)33-6-5-30-18-20(29,17(27)15(25)13(7-22)32-18)19(28)14(8-23)31-9-12(24)16(19)26/h1-4,12-18,22-29H,5-9,21H2/t12-,13+,14+,15-,16+,17-,18-,19+,20+/m0/s1. The summed E-state index contributed by atoms with van der Waals surface area (Å²) in [6, 6.07) is 7.02. The Morgan fingerprint density at radius 1 is 1.00 bits per heavy atom. The van der Waals surface area contributed by atoms with E-state index in [0.717, 1.165) is 4.90 Å². The number of hydrogen-bond acceptors (Lipinski definition) is 13. The van der Waals surface area contributed by atoms with Crippen molar-refractivity contribution >= 4 is 17.4 Å². The SMILES string of the molecule is Nc1ccc(SCCO[C@H]2O[C@H](CO)[C@H](O)[C@H](O)[C@]2(O)[C@]2(O)[C@H](O)[C@@H](O)CO[C@@H]2CO)cc1. The first-order valence-corrected chi connectivity index (χ1v) is 11.4. The molecule has 10 N–H and O–H groups in total. The lowest BCUT2D eigenvalue weighted by atomic mass is 9.66. The summed E-state index contributed by atoms with van der Waals surface area (Å²) in [7, 11) is 0. The number of rotatable bonds is 8. The van der Waals surface area contributed by atoms with Crippen LogP contribution in [0.25, 0.3) is 0 Å². The molecule has 0 amide bonds. The minimum absolute atomic E-state index is 0.0949. The zero-order valence-electron chi connectivity index (χ0n) is 17.7. The van der Waals surface area contributed by atoms with Gasteiger partial charge in [0.2, 0.25) is 0 Å². The van der Waals surface area contributed by atoms with Gasteiger partial charge in [0.15, 0.2) is 17.5 Å². The van der Waals surface area contributed by atoms with E-state index in [4.69, 9.17) is 19.9 Å². The molecule has 2 aliphatic heterocycles. The molecule has 9 atom stereocenters. The van der Waals surface area contributed by atoms with Crippen LogP contribution in [0.1, 0.15) is 0 Å². The molecule has 0 aliphatic carbocycles. The molecule has 0 radical (unpaired) electrons. The van der Waals surface area contributed by atoms with Gasteiger partial charge in [0, 0.05) is 16.3 Å². The summed E-state index contributed by atoms with van der Waals surface area (Å²) < 4.78 is 16.2. The zero-order valence-corrected chi connectivity index (χ0v) is 18.5. The highest BCUT2D eigenvalue weighted by Crippen LogP contribution is 2.45. The van der Waals surface area contributed by atoms with E-state index in [9.17, 15) is 40.9 Å². The molecular formula is C20H31NO11S. The lowest BCUT2D eigenvalue weighted by Gasteiger charge is -2.59. The molecule has 33 heavy (non-hydrogen) atoms. The van der Waals surface area contributed by atoms with E-state index < -0.39 is 73.9 Å². The highest BCUT2D eigenvalue weighted by molar-refractivity contribution is 7.99. The second-order valence-electron chi connectivity index (χ2n) is 8.08. The lowest BCUT2D eigenvalue weighted by Crippen LogP contribution is -2.84. The summed E-state index contributed by atoms with van der Waals surface area (Å²) in [6.45, 7) is -2.22. The third-order valence-corrected chi connectivity index (χ3v) is 7.05. The van der Waals surface area contributed by atoms with E-state index in [2.05, 4.69) is 0 Å². The smallest absolute Gasteiger partial charge is 0.192 e. The number of nitrogens with two attached hydrogens (primary N) is 1. The van der Waals surface area contributed by atoms with Crippen molar-refractivity contribution in [3.8, 4) is 0 Å². The van der Waals surface area contributed by atoms with E-state index in [0.29, 0.717) is 11.4 Å². The molecule has 188 valence electrons. The van der Waals surface area contributed by atoms with Crippen molar-refractivity contribution in [1.29, 1.82) is 0 Å². The van der Waals surface area contributed by atoms with Crippen LogP contribution in [0.15, 0.2) is 29.2 Å². The molecule has 0 aromatic heterocycles. The lowest BCUT2D eigenvalue weighted by molar-refractivity contribution is -0.413. The normalized spacial score (nSPS) is 41.8. The Morgan fingerprint density at radius 3 is 2.27 bits per heavy atom. The van der Waals surface area contributed by atoms with Crippen molar-refractivity contribution < 1.29 is 55.1 Å². The minimum Gasteiger partial charge on any atom is -0.399 e. The largest absolute Gasteiger partial charge is 0.399 e. The molecule has 0 saturated carbocycles. The van der Waals surface area contributed by atoms with Gasteiger partial charge in [-0.1, -0.05) is 0 Å². The van der Waals surface area contributed by atoms with E-state index in [1.54, 1.807) is 24.3 Å². The molecule has 13 heteroatoms. The van der Waals surface area contributed by atoms with Gasteiger partial charge in [-0.3, -0.25) is 0 Å². The zero-order chi connectivity index (χ0) is 24.4. The van der Waals surface area contributed by atoms with Crippen LogP contribution in [-0.2, 0) is 14.2 Å². The van der Waals surface area contributed by atoms with Crippen LogP contribution in [0.4, 0.5) is 5.69 Å². The van der Waals surface area contributed by atoms with E-state index >= 15 is 0 Å². The Labute approximate surface area is 194 Å². The molecule has 2 heterocycles. The number of benzene rings is 1. The highest BCUT2D eigenvalue weighted by atomic mass is 32.2. The fourth-order valence-electron chi connectivity index (χ4n) is 4.17. The maximum atomic E-state index is 11.5. The summed E-state index contributed by atoms with van der Waals surface area (Å²) in [4.78, 5) is 0.870. The van der Waals surface area contributed by atoms with Crippen molar-refractivity contribution in [2.75, 3.05) is 37.9 Å². The molecular weight excluding hydrogens is 462 g/mol. The number of ether oxygens (including phenoxy) is 3. The van der Waals surface area contributed by atoms with Gasteiger partial charge in [0.05, 0.1) is 26.4 Å². The third-order valence-electron chi connectivity index (χ3n) is 6.08. The minimum atomic E-state index is -2.97. The molecule has 12 nitrogen and oxygen atoms in total. The van der Waals surface area contributed by atoms with Gasteiger partial charge in [-0.05, 0) is 24.3 Å². The maximum absolute atomic E-state index is 11.5. The molecule has 2 saturated heterocycles. The van der Waals surface area contributed by atoms with Crippen molar-refractivity contribution in [2.45, 2.75) is 59.0 Å². The number of aliphatic hydroxyl groups excluding tert-OH is 6. The topological polar surface area (TPSA) is 216 Å². The summed E-state index contributed by atoms with van der Waals surface area (Å²) in [5.41, 5.74) is 0.356. The van der Waals surface area contributed by atoms with E-state index in [1.165, 1.54) is 11.8 Å². The Kier molecular flexibility index (Phi) is 8.59. The van der Waals surface area contributed by atoms with Crippen LogP contribution < -0.4 is 5.73 Å². The van der Waals surface area contributed by atoms with Gasteiger partial charge in [0.1, 0.15) is 36.6 Å². The van der Waals surface area contributed by atoms with Crippen LogP contribution in [0, 0.1) is 0 Å². The summed E-state index contributed by atoms with van der Waals surface area (Å²) in [5.74, 6) is 0.325. The Morgan fingerprint density at radius 2 is 1.67 bits per heavy atom. The quantitative estimate of drug-likeness (QED) is 0.0973. The van der Waals surface area contributed by atoms with Gasteiger partial charge < -0.3 is 60.8 Å². The number of hydrogen-bond donors (Lipinski definition) is 9. The Balaban J connectivity index is 1.85. The summed E-state index contributed by atoms with van der Waals surface area (Å²) in [6.07, 6.45) is -12.9. The van der Waals surface area contributed by atoms with Crippen molar-refractivity contribution in [2.24, 2.45) is 0 Å². The highest BCUT2D eigenvalue weighted by Gasteiger charge is 2.72. The van der Waals surface area contributed by atoms with Crippen LogP contribution in [0.5, 0.6) is 0 Å². The molecule has 0 unspecified atom stereocenters. The number of anilines is 1. The van der Waals surface area contributed by atoms with Gasteiger partial charge in [-0.15, -0.1) is 11.8 Å². The average Bonchev–Trinajstić information content (AvgIpc) is 2.81. The second kappa shape index (κ2) is 10.7. The van der Waals surface area contributed by atoms with Gasteiger partial charge in [-0.25, -0.2) is 0 Å². The van der Waals surface area contributed by atoms with Crippen LogP contribution >= 0.6 is 11.8 Å². The molecule has 1 aromatic carbocycles. The van der Waals surface area contributed by atoms with Crippen LogP contribution in [0.2, 0.25) is 0 Å². The predicted octanol–water partition coefficient (Wildman–Crippen LogP) is -3.61. The molecule has 2 aliphatic rings. The predicted molar refractivity (Wildman–Crippen MR) is 114 cm³/mol. The van der Waals surface area contributed by atoms with Gasteiger partial charge in [-0.2, -0.15) is 0 Å². The average molecular weight is 494 g/mol. The summed E-state index contributed by atoms with van der Waals surface area (Å²) >= 11 is 1.37. The molecule has 0 spiro atoms. The second-order valence-corrected chi connectivity index (χ2v) is 9.25. The number of nitrogen functional groups attached to an aromatic ring is 1. The van der Waals surface area contributed by atoms with Crippen molar-refractivity contribution in [1.82, 2.24) is 0 Å². The first-order valence-electron chi connectivity index (χ1n) is 10.4. The van der Waals surface area contributed by atoms with Gasteiger partial charge >= 0.3 is 0 Å². The van der Waals surface area contributed by atoms with E-state index in [-0.39, 0.29) is 6.61 Å². The van der Waals surface area contributed by atoms with Crippen LogP contribution in [-0.4, -0.2) is 127 Å². The first kappa shape index (κ1) is 26.5. The fourth-order valence-corrected chi connectivity index (χ4v) is 4.91. The third kappa shape index (κ3) is 4.74. The van der Waals surface area contributed by atoms with E-state index in [1.807, 2.05) is 0 Å². The molecule has 2 fully saturated rings.